The molecule has 0 heterocycles. The van der Waals surface area contributed by atoms with E-state index in [-0.39, 0.29) is 5.41 Å². The molecule has 54 valence electrons. The molecule has 2 N–H and O–H groups in total. The topological polar surface area (TPSA) is 26.0 Å². The van der Waals surface area contributed by atoms with Gasteiger partial charge in [0.2, 0.25) is 0 Å². The molecule has 0 saturated heterocycles. The Morgan fingerprint density at radius 3 is 2.00 bits per heavy atom. The molecule has 2 heteroatoms. The largest absolute Gasteiger partial charge is 0.330 e. The van der Waals surface area contributed by atoms with E-state index < -0.39 is 0 Å². The summed E-state index contributed by atoms with van der Waals surface area (Å²) in [5, 5.41) is 0. The number of rotatable bonds is 2. The normalized spacial score (nSPS) is 11.6. The molecule has 0 aliphatic heterocycles. The summed E-state index contributed by atoms with van der Waals surface area (Å²) in [6.45, 7) is 7.02. The molecule has 0 fully saturated rings. The van der Waals surface area contributed by atoms with Crippen molar-refractivity contribution in [2.45, 2.75) is 27.2 Å². The van der Waals surface area contributed by atoms with Crippen molar-refractivity contribution in [2.24, 2.45) is 11.1 Å². The van der Waals surface area contributed by atoms with Crippen molar-refractivity contribution in [2.75, 3.05) is 6.54 Å². The predicted octanol–water partition coefficient (Wildman–Crippen LogP) is 1.75. The molecular formula is C7H15NS. The molecule has 0 amide bonds. The van der Waals surface area contributed by atoms with Crippen LogP contribution in [0.3, 0.4) is 0 Å². The van der Waals surface area contributed by atoms with Gasteiger partial charge in [-0.2, -0.15) is 0 Å². The molecule has 1 nitrogen and oxygen atoms in total. The first-order valence-electron chi connectivity index (χ1n) is 3.22. The maximum atomic E-state index is 5.34. The van der Waals surface area contributed by atoms with Gasteiger partial charge in [-0.3, -0.25) is 0 Å². The summed E-state index contributed by atoms with van der Waals surface area (Å²) in [5.41, 5.74) is 5.50. The number of hydrogen-bond donors (Lipinski definition) is 1. The van der Waals surface area contributed by atoms with Crippen molar-refractivity contribution < 1.29 is 0 Å². The van der Waals surface area contributed by atoms with E-state index >= 15 is 0 Å². The minimum atomic E-state index is 0.161. The van der Waals surface area contributed by atoms with Crippen LogP contribution in [0.15, 0.2) is 0 Å². The third kappa shape index (κ3) is 3.60. The van der Waals surface area contributed by atoms with Crippen molar-refractivity contribution in [3.63, 3.8) is 0 Å². The maximum absolute atomic E-state index is 5.34. The van der Waals surface area contributed by atoms with Gasteiger partial charge in [0.25, 0.3) is 0 Å². The van der Waals surface area contributed by atoms with E-state index in [4.69, 9.17) is 18.0 Å². The van der Waals surface area contributed by atoms with Crippen LogP contribution in [0.25, 0.3) is 0 Å². The van der Waals surface area contributed by atoms with Gasteiger partial charge < -0.3 is 5.73 Å². The summed E-state index contributed by atoms with van der Waals surface area (Å²) < 4.78 is 0. The molecule has 0 saturated carbocycles. The highest BCUT2D eigenvalue weighted by molar-refractivity contribution is 7.80. The van der Waals surface area contributed by atoms with Crippen LogP contribution in [0.1, 0.15) is 27.2 Å². The SMILES string of the molecule is CC(C)(C)C(=S)CCN. The fraction of sp³-hybridized carbons (Fsp3) is 0.857. The number of thiocarbonyl (C=S) groups is 1. The van der Waals surface area contributed by atoms with Gasteiger partial charge in [-0.1, -0.05) is 33.0 Å². The Labute approximate surface area is 62.6 Å². The van der Waals surface area contributed by atoms with Gasteiger partial charge in [-0.15, -0.1) is 0 Å². The molecule has 0 aromatic carbocycles. The van der Waals surface area contributed by atoms with Gasteiger partial charge >= 0.3 is 0 Å². The second-order valence-electron chi connectivity index (χ2n) is 3.21. The van der Waals surface area contributed by atoms with E-state index in [1.54, 1.807) is 0 Å². The second kappa shape index (κ2) is 3.28. The maximum Gasteiger partial charge on any atom is -0.000549 e. The summed E-state index contributed by atoms with van der Waals surface area (Å²) in [6.07, 6.45) is 0.874. The zero-order valence-corrected chi connectivity index (χ0v) is 7.22. The van der Waals surface area contributed by atoms with E-state index in [0.29, 0.717) is 6.54 Å². The monoisotopic (exact) mass is 145 g/mol. The smallest absolute Gasteiger partial charge is 0.000549 e. The molecule has 0 rings (SSSR count). The van der Waals surface area contributed by atoms with Gasteiger partial charge in [0, 0.05) is 0 Å². The summed E-state index contributed by atoms with van der Waals surface area (Å²) >= 11 is 5.11. The number of nitrogens with two attached hydrogens (primary N) is 1. The lowest BCUT2D eigenvalue weighted by molar-refractivity contribution is 0.588. The highest BCUT2D eigenvalue weighted by Crippen LogP contribution is 2.17. The van der Waals surface area contributed by atoms with Gasteiger partial charge in [-0.25, -0.2) is 0 Å². The van der Waals surface area contributed by atoms with Crippen LogP contribution in [0.2, 0.25) is 0 Å². The van der Waals surface area contributed by atoms with Gasteiger partial charge in [0.1, 0.15) is 0 Å². The van der Waals surface area contributed by atoms with Crippen LogP contribution in [0.5, 0.6) is 0 Å². The number of hydrogen-bond acceptors (Lipinski definition) is 2. The van der Waals surface area contributed by atoms with Crippen molar-refractivity contribution in [1.29, 1.82) is 0 Å². The van der Waals surface area contributed by atoms with Gasteiger partial charge in [0.05, 0.1) is 0 Å². The molecule has 0 aliphatic carbocycles. The fourth-order valence-electron chi connectivity index (χ4n) is 0.506. The molecular weight excluding hydrogens is 130 g/mol. The molecule has 0 unspecified atom stereocenters. The van der Waals surface area contributed by atoms with Crippen LogP contribution < -0.4 is 5.73 Å². The molecule has 9 heavy (non-hydrogen) atoms. The molecule has 0 aromatic heterocycles. The van der Waals surface area contributed by atoms with Crippen LogP contribution in [-0.2, 0) is 0 Å². The summed E-state index contributed by atoms with van der Waals surface area (Å²) in [7, 11) is 0. The first-order chi connectivity index (χ1) is 3.98. The van der Waals surface area contributed by atoms with E-state index in [9.17, 15) is 0 Å². The zero-order valence-electron chi connectivity index (χ0n) is 6.40. The summed E-state index contributed by atoms with van der Waals surface area (Å²) in [4.78, 5) is 1.07. The average molecular weight is 145 g/mol. The van der Waals surface area contributed by atoms with Crippen LogP contribution in [0, 0.1) is 5.41 Å². The Hall–Kier alpha value is 0.0500. The summed E-state index contributed by atoms with van der Waals surface area (Å²) in [5.74, 6) is 0. The van der Waals surface area contributed by atoms with Crippen molar-refractivity contribution >= 4 is 17.1 Å². The Morgan fingerprint density at radius 1 is 1.44 bits per heavy atom. The molecule has 0 aliphatic rings. The first kappa shape index (κ1) is 9.05. The van der Waals surface area contributed by atoms with Crippen molar-refractivity contribution in [3.05, 3.63) is 0 Å². The third-order valence-electron chi connectivity index (χ3n) is 1.21. The van der Waals surface area contributed by atoms with E-state index in [0.717, 1.165) is 11.3 Å². The van der Waals surface area contributed by atoms with Crippen LogP contribution >= 0.6 is 12.2 Å². The minimum Gasteiger partial charge on any atom is -0.330 e. The fourth-order valence-corrected chi connectivity index (χ4v) is 0.624. The Balaban J connectivity index is 3.74. The van der Waals surface area contributed by atoms with Crippen LogP contribution in [0.4, 0.5) is 0 Å². The van der Waals surface area contributed by atoms with Crippen molar-refractivity contribution in [3.8, 4) is 0 Å². The lowest BCUT2D eigenvalue weighted by Gasteiger charge is -2.18. The molecule has 0 atom stereocenters. The third-order valence-corrected chi connectivity index (χ3v) is 2.02. The summed E-state index contributed by atoms with van der Waals surface area (Å²) in [6, 6.07) is 0. The van der Waals surface area contributed by atoms with Gasteiger partial charge in [-0.05, 0) is 23.2 Å². The van der Waals surface area contributed by atoms with Crippen LogP contribution in [-0.4, -0.2) is 11.4 Å². The van der Waals surface area contributed by atoms with E-state index in [1.807, 2.05) is 0 Å². The lowest BCUT2D eigenvalue weighted by Crippen LogP contribution is -2.20. The average Bonchev–Trinajstić information content (AvgIpc) is 1.64. The van der Waals surface area contributed by atoms with Crippen molar-refractivity contribution in [1.82, 2.24) is 0 Å². The predicted molar refractivity (Wildman–Crippen MR) is 45.7 cm³/mol. The first-order valence-corrected chi connectivity index (χ1v) is 3.62. The molecule has 0 bridgehead atoms. The highest BCUT2D eigenvalue weighted by Gasteiger charge is 2.14. The Kier molecular flexibility index (Phi) is 3.30. The molecule has 0 aromatic rings. The second-order valence-corrected chi connectivity index (χ2v) is 3.70. The van der Waals surface area contributed by atoms with Gasteiger partial charge in [0.15, 0.2) is 0 Å². The lowest BCUT2D eigenvalue weighted by atomic mass is 9.90. The minimum absolute atomic E-state index is 0.161. The Bertz CT molecular complexity index is 102. The van der Waals surface area contributed by atoms with E-state index in [1.165, 1.54) is 0 Å². The zero-order chi connectivity index (χ0) is 7.49. The van der Waals surface area contributed by atoms with E-state index in [2.05, 4.69) is 20.8 Å². The molecule has 0 spiro atoms. The standard InChI is InChI=1S/C7H15NS/c1-7(2,3)6(9)4-5-8/h4-5,8H2,1-3H3. The molecule has 0 radical (unpaired) electrons. The Morgan fingerprint density at radius 2 is 1.89 bits per heavy atom. The quantitative estimate of drug-likeness (QED) is 0.599. The highest BCUT2D eigenvalue weighted by atomic mass is 32.1.